The van der Waals surface area contributed by atoms with E-state index in [1.807, 2.05) is 36.1 Å². The molecule has 1 heterocycles. The minimum absolute atomic E-state index is 0.0665. The lowest BCUT2D eigenvalue weighted by atomic mass is 9.94. The summed E-state index contributed by atoms with van der Waals surface area (Å²) in [6.45, 7) is 2.80. The average molecular weight is 327 g/mol. The molecule has 4 heteroatoms. The number of amides is 1. The van der Waals surface area contributed by atoms with Gasteiger partial charge >= 0.3 is 0 Å². The fourth-order valence-corrected chi connectivity index (χ4v) is 3.53. The number of rotatable bonds is 5. The minimum Gasteiger partial charge on any atom is -0.493 e. The van der Waals surface area contributed by atoms with Crippen LogP contribution < -0.4 is 4.74 Å². The highest BCUT2D eigenvalue weighted by molar-refractivity contribution is 5.93. The van der Waals surface area contributed by atoms with Gasteiger partial charge in [-0.2, -0.15) is 0 Å². The van der Waals surface area contributed by atoms with E-state index < -0.39 is 0 Å². The Morgan fingerprint density at radius 3 is 2.83 bits per heavy atom. The molecule has 0 N–H and O–H groups in total. The van der Waals surface area contributed by atoms with Crippen LogP contribution >= 0.6 is 0 Å². The van der Waals surface area contributed by atoms with Gasteiger partial charge in [-0.3, -0.25) is 4.79 Å². The molecule has 1 aliphatic rings. The third-order valence-electron chi connectivity index (χ3n) is 4.78. The summed E-state index contributed by atoms with van der Waals surface area (Å²) in [5, 5.41) is 0.973. The van der Waals surface area contributed by atoms with Crippen LogP contribution in [0.15, 0.2) is 34.8 Å². The topological polar surface area (TPSA) is 42.7 Å². The first-order chi connectivity index (χ1) is 11.7. The largest absolute Gasteiger partial charge is 0.493 e. The van der Waals surface area contributed by atoms with Crippen molar-refractivity contribution in [2.45, 2.75) is 45.1 Å². The second kappa shape index (κ2) is 7.56. The number of hydrogen-bond acceptors (Lipinski definition) is 3. The number of para-hydroxylation sites is 1. The van der Waals surface area contributed by atoms with Crippen molar-refractivity contribution in [3.63, 3.8) is 0 Å². The second-order valence-electron chi connectivity index (χ2n) is 6.28. The van der Waals surface area contributed by atoms with Crippen molar-refractivity contribution >= 4 is 23.0 Å². The molecule has 1 fully saturated rings. The maximum atomic E-state index is 12.6. The van der Waals surface area contributed by atoms with E-state index in [1.165, 1.54) is 19.3 Å². The van der Waals surface area contributed by atoms with Gasteiger partial charge in [-0.05, 0) is 38.0 Å². The van der Waals surface area contributed by atoms with Crippen molar-refractivity contribution in [2.75, 3.05) is 13.7 Å². The molecule has 0 atom stereocenters. The molecule has 128 valence electrons. The zero-order valence-electron chi connectivity index (χ0n) is 14.5. The highest BCUT2D eigenvalue weighted by Gasteiger charge is 2.22. The molecule has 1 aromatic carbocycles. The molecule has 0 unspecified atom stereocenters. The first-order valence-corrected chi connectivity index (χ1v) is 8.78. The predicted molar refractivity (Wildman–Crippen MR) is 96.1 cm³/mol. The Morgan fingerprint density at radius 1 is 1.33 bits per heavy atom. The SMILES string of the molecule is CCN(C(=O)/C=C/c1cc2cccc(OC)c2o1)C1CCCCC1. The van der Waals surface area contributed by atoms with E-state index in [9.17, 15) is 4.79 Å². The summed E-state index contributed by atoms with van der Waals surface area (Å²) in [6, 6.07) is 8.08. The van der Waals surface area contributed by atoms with Crippen molar-refractivity contribution < 1.29 is 13.9 Å². The molecule has 0 radical (unpaired) electrons. The van der Waals surface area contributed by atoms with Gasteiger partial charge in [0.2, 0.25) is 5.91 Å². The molecule has 3 rings (SSSR count). The lowest BCUT2D eigenvalue weighted by Crippen LogP contribution is -2.40. The quantitative estimate of drug-likeness (QED) is 0.752. The lowest BCUT2D eigenvalue weighted by molar-refractivity contribution is -0.128. The van der Waals surface area contributed by atoms with Crippen LogP contribution in [0.2, 0.25) is 0 Å². The Hall–Kier alpha value is -2.23. The molecular weight excluding hydrogens is 302 g/mol. The van der Waals surface area contributed by atoms with Gasteiger partial charge in [0.1, 0.15) is 5.76 Å². The van der Waals surface area contributed by atoms with Gasteiger partial charge in [-0.1, -0.05) is 31.4 Å². The normalized spacial score (nSPS) is 15.9. The summed E-state index contributed by atoms with van der Waals surface area (Å²) in [5.41, 5.74) is 0.715. The van der Waals surface area contributed by atoms with Crippen LogP contribution in [0.3, 0.4) is 0 Å². The smallest absolute Gasteiger partial charge is 0.246 e. The monoisotopic (exact) mass is 327 g/mol. The van der Waals surface area contributed by atoms with Crippen LogP contribution in [0.5, 0.6) is 5.75 Å². The molecule has 2 aromatic rings. The highest BCUT2D eigenvalue weighted by atomic mass is 16.5. The van der Waals surface area contributed by atoms with Gasteiger partial charge in [-0.15, -0.1) is 0 Å². The maximum absolute atomic E-state index is 12.6. The summed E-state index contributed by atoms with van der Waals surface area (Å²) in [7, 11) is 1.62. The molecule has 1 saturated carbocycles. The van der Waals surface area contributed by atoms with Crippen LogP contribution in [-0.4, -0.2) is 30.5 Å². The van der Waals surface area contributed by atoms with Gasteiger partial charge in [0.15, 0.2) is 11.3 Å². The van der Waals surface area contributed by atoms with E-state index in [0.717, 1.165) is 24.8 Å². The summed E-state index contributed by atoms with van der Waals surface area (Å²) in [5.74, 6) is 1.44. The number of hydrogen-bond donors (Lipinski definition) is 0. The fraction of sp³-hybridized carbons (Fsp3) is 0.450. The number of carbonyl (C=O) groups is 1. The van der Waals surface area contributed by atoms with Gasteiger partial charge in [-0.25, -0.2) is 0 Å². The van der Waals surface area contributed by atoms with Crippen molar-refractivity contribution in [3.8, 4) is 5.75 Å². The summed E-state index contributed by atoms with van der Waals surface area (Å²) in [6.07, 6.45) is 9.36. The number of fused-ring (bicyclic) bond motifs is 1. The summed E-state index contributed by atoms with van der Waals surface area (Å²) in [4.78, 5) is 14.5. The third kappa shape index (κ3) is 3.48. The number of benzene rings is 1. The minimum atomic E-state index is 0.0665. The predicted octanol–water partition coefficient (Wildman–Crippen LogP) is 4.64. The Balaban J connectivity index is 1.75. The molecule has 0 spiro atoms. The molecule has 1 aromatic heterocycles. The number of furan rings is 1. The highest BCUT2D eigenvalue weighted by Crippen LogP contribution is 2.29. The maximum Gasteiger partial charge on any atom is 0.246 e. The van der Waals surface area contributed by atoms with E-state index in [-0.39, 0.29) is 5.91 Å². The molecule has 0 saturated heterocycles. The number of carbonyl (C=O) groups excluding carboxylic acids is 1. The van der Waals surface area contributed by atoms with Gasteiger partial charge in [0, 0.05) is 24.0 Å². The average Bonchev–Trinajstić information content (AvgIpc) is 3.04. The first-order valence-electron chi connectivity index (χ1n) is 8.78. The van der Waals surface area contributed by atoms with Crippen LogP contribution in [0.1, 0.15) is 44.8 Å². The van der Waals surface area contributed by atoms with E-state index >= 15 is 0 Å². The van der Waals surface area contributed by atoms with E-state index in [2.05, 4.69) is 0 Å². The molecule has 24 heavy (non-hydrogen) atoms. The van der Waals surface area contributed by atoms with Crippen molar-refractivity contribution in [3.05, 3.63) is 36.1 Å². The van der Waals surface area contributed by atoms with Gasteiger partial charge < -0.3 is 14.1 Å². The van der Waals surface area contributed by atoms with Crippen LogP contribution in [0.25, 0.3) is 17.0 Å². The number of methoxy groups -OCH3 is 1. The molecule has 0 aliphatic heterocycles. The van der Waals surface area contributed by atoms with Gasteiger partial charge in [0.25, 0.3) is 0 Å². The number of ether oxygens (including phenoxy) is 1. The Kier molecular flexibility index (Phi) is 5.24. The van der Waals surface area contributed by atoms with E-state index in [1.54, 1.807) is 19.3 Å². The van der Waals surface area contributed by atoms with Crippen molar-refractivity contribution in [1.82, 2.24) is 4.90 Å². The zero-order chi connectivity index (χ0) is 16.9. The van der Waals surface area contributed by atoms with Crippen LogP contribution in [-0.2, 0) is 4.79 Å². The summed E-state index contributed by atoms with van der Waals surface area (Å²) >= 11 is 0. The van der Waals surface area contributed by atoms with E-state index in [4.69, 9.17) is 9.15 Å². The van der Waals surface area contributed by atoms with Gasteiger partial charge in [0.05, 0.1) is 7.11 Å². The second-order valence-corrected chi connectivity index (χ2v) is 6.28. The molecule has 0 bridgehead atoms. The Bertz CT molecular complexity index is 726. The summed E-state index contributed by atoms with van der Waals surface area (Å²) < 4.78 is 11.1. The van der Waals surface area contributed by atoms with Crippen molar-refractivity contribution in [1.29, 1.82) is 0 Å². The standard InChI is InChI=1S/C20H25NO3/c1-3-21(16-9-5-4-6-10-16)19(22)13-12-17-14-15-8-7-11-18(23-2)20(15)24-17/h7-8,11-14,16H,3-6,9-10H2,1-2H3/b13-12+. The van der Waals surface area contributed by atoms with Crippen LogP contribution in [0.4, 0.5) is 0 Å². The first kappa shape index (κ1) is 16.6. The Morgan fingerprint density at radius 2 is 2.12 bits per heavy atom. The van der Waals surface area contributed by atoms with E-state index in [0.29, 0.717) is 23.1 Å². The molecule has 1 aliphatic carbocycles. The molecule has 1 amide bonds. The number of nitrogens with zero attached hydrogens (tertiary/aromatic N) is 1. The third-order valence-corrected chi connectivity index (χ3v) is 4.78. The Labute approximate surface area is 143 Å². The fourth-order valence-electron chi connectivity index (χ4n) is 3.53. The van der Waals surface area contributed by atoms with Crippen molar-refractivity contribution in [2.24, 2.45) is 0 Å². The molecule has 4 nitrogen and oxygen atoms in total. The number of likely N-dealkylation sites (N-methyl/N-ethyl adjacent to an activating group) is 1. The van der Waals surface area contributed by atoms with Crippen LogP contribution in [0, 0.1) is 0 Å². The lowest BCUT2D eigenvalue weighted by Gasteiger charge is -2.32. The molecular formula is C20H25NO3. The zero-order valence-corrected chi connectivity index (χ0v) is 14.5.